The summed E-state index contributed by atoms with van der Waals surface area (Å²) in [7, 11) is 2.81. The summed E-state index contributed by atoms with van der Waals surface area (Å²) in [6.45, 7) is 14.2. The Morgan fingerprint density at radius 1 is 0.600 bits per heavy atom. The Bertz CT molecular complexity index is 894. The highest BCUT2D eigenvalue weighted by atomic mass is 31.1. The van der Waals surface area contributed by atoms with Gasteiger partial charge in [0.25, 0.3) is 0 Å². The van der Waals surface area contributed by atoms with Crippen molar-refractivity contribution in [3.8, 4) is 0 Å². The van der Waals surface area contributed by atoms with Crippen LogP contribution in [0.15, 0.2) is 84.9 Å². The van der Waals surface area contributed by atoms with Crippen LogP contribution in [0.25, 0.3) is 0 Å². The van der Waals surface area contributed by atoms with Crippen molar-refractivity contribution in [3.05, 3.63) is 96.1 Å². The fourth-order valence-electron chi connectivity index (χ4n) is 4.69. The molecule has 0 N–H and O–H groups in total. The van der Waals surface area contributed by atoms with E-state index in [-0.39, 0.29) is 16.0 Å². The first-order chi connectivity index (χ1) is 14.1. The lowest BCUT2D eigenvalue weighted by atomic mass is 9.62. The van der Waals surface area contributed by atoms with E-state index in [9.17, 15) is 0 Å². The van der Waals surface area contributed by atoms with Gasteiger partial charge in [0.05, 0.1) is 0 Å². The number of hydrogen-bond donors (Lipinski definition) is 0. The zero-order valence-corrected chi connectivity index (χ0v) is 21.4. The zero-order chi connectivity index (χ0) is 22.0. The molecular weight excluding hydrogens is 398 g/mol. The van der Waals surface area contributed by atoms with Gasteiger partial charge in [-0.25, -0.2) is 0 Å². The minimum atomic E-state index is -0.471. The average molecular weight is 435 g/mol. The molecule has 0 radical (unpaired) electrons. The van der Waals surface area contributed by atoms with E-state index in [0.29, 0.717) is 0 Å². The predicted molar refractivity (Wildman–Crippen MR) is 140 cm³/mol. The lowest BCUT2D eigenvalue weighted by Crippen LogP contribution is -2.45. The first kappa shape index (κ1) is 23.2. The van der Waals surface area contributed by atoms with Gasteiger partial charge in [0.15, 0.2) is 0 Å². The second kappa shape index (κ2) is 8.94. The fraction of sp³-hybridized carbons (Fsp3) is 0.357. The number of benzene rings is 3. The predicted octanol–water partition coefficient (Wildman–Crippen LogP) is 7.48. The maximum absolute atomic E-state index is 3.28. The molecule has 0 nitrogen and oxygen atoms in total. The van der Waals surface area contributed by atoms with Crippen LogP contribution in [0, 0.1) is 10.8 Å². The monoisotopic (exact) mass is 434 g/mol. The van der Waals surface area contributed by atoms with Gasteiger partial charge < -0.3 is 0 Å². The van der Waals surface area contributed by atoms with Crippen LogP contribution in [-0.4, -0.2) is 0 Å². The third kappa shape index (κ3) is 4.56. The van der Waals surface area contributed by atoms with E-state index < -0.39 is 7.92 Å². The lowest BCUT2D eigenvalue weighted by Gasteiger charge is -2.52. The summed E-state index contributed by atoms with van der Waals surface area (Å²) in [4.78, 5) is 0. The van der Waals surface area contributed by atoms with E-state index in [4.69, 9.17) is 0 Å². The first-order valence-corrected chi connectivity index (χ1v) is 12.9. The van der Waals surface area contributed by atoms with E-state index in [1.165, 1.54) is 21.7 Å². The SMILES string of the molecule is CC(C)(C)C(P)(c1ccccc1CP(c1ccccc1)c1ccccc1)C(C)(C)C. The molecule has 3 aromatic carbocycles. The Labute approximate surface area is 187 Å². The summed E-state index contributed by atoms with van der Waals surface area (Å²) in [5.74, 6) is 0. The molecule has 0 aliphatic rings. The molecule has 0 saturated carbocycles. The molecule has 0 aliphatic carbocycles. The molecular formula is C28H36P2. The first-order valence-electron chi connectivity index (χ1n) is 10.8. The van der Waals surface area contributed by atoms with Gasteiger partial charge in [0.2, 0.25) is 0 Å². The van der Waals surface area contributed by atoms with Gasteiger partial charge in [-0.1, -0.05) is 126 Å². The van der Waals surface area contributed by atoms with Crippen molar-refractivity contribution in [2.45, 2.75) is 52.9 Å². The van der Waals surface area contributed by atoms with E-state index in [1.807, 2.05) is 0 Å². The normalized spacial score (nSPS) is 12.9. The van der Waals surface area contributed by atoms with Crippen LogP contribution in [0.1, 0.15) is 52.7 Å². The zero-order valence-electron chi connectivity index (χ0n) is 19.3. The molecule has 158 valence electrons. The summed E-state index contributed by atoms with van der Waals surface area (Å²) in [6, 6.07) is 31.2. The van der Waals surface area contributed by atoms with Crippen LogP contribution in [-0.2, 0) is 11.3 Å². The molecule has 0 spiro atoms. The smallest absolute Gasteiger partial charge is 0.0196 e. The molecule has 0 bridgehead atoms. The maximum atomic E-state index is 3.28. The highest BCUT2D eigenvalue weighted by Crippen LogP contribution is 2.59. The molecule has 30 heavy (non-hydrogen) atoms. The standard InChI is InChI=1S/C28H36P2/c1-26(2,3)28(29,27(4,5)6)25-20-14-13-15-22(25)21-30(23-16-9-7-10-17-23)24-18-11-8-12-19-24/h7-20H,21,29H2,1-6H3. The van der Waals surface area contributed by atoms with Gasteiger partial charge in [0.1, 0.15) is 0 Å². The van der Waals surface area contributed by atoms with E-state index >= 15 is 0 Å². The summed E-state index contributed by atoms with van der Waals surface area (Å²) in [5, 5.41) is 2.84. The summed E-state index contributed by atoms with van der Waals surface area (Å²) < 4.78 is 0. The van der Waals surface area contributed by atoms with Crippen LogP contribution in [0.2, 0.25) is 0 Å². The molecule has 0 amide bonds. The van der Waals surface area contributed by atoms with Gasteiger partial charge in [-0.2, -0.15) is 0 Å². The minimum Gasteiger partial charge on any atom is -0.125 e. The van der Waals surface area contributed by atoms with Crippen molar-refractivity contribution in [1.29, 1.82) is 0 Å². The molecule has 2 heteroatoms. The average Bonchev–Trinajstić information content (AvgIpc) is 2.71. The van der Waals surface area contributed by atoms with Crippen molar-refractivity contribution in [2.24, 2.45) is 10.8 Å². The largest absolute Gasteiger partial charge is 0.125 e. The molecule has 0 fully saturated rings. The Hall–Kier alpha value is -1.48. The molecule has 1 atom stereocenters. The van der Waals surface area contributed by atoms with Crippen LogP contribution in [0.5, 0.6) is 0 Å². The number of rotatable bonds is 5. The molecule has 0 heterocycles. The fourth-order valence-corrected chi connectivity index (χ4v) is 7.32. The van der Waals surface area contributed by atoms with Crippen LogP contribution >= 0.6 is 17.2 Å². The Morgan fingerprint density at radius 3 is 1.43 bits per heavy atom. The molecule has 3 aromatic rings. The van der Waals surface area contributed by atoms with Crippen LogP contribution < -0.4 is 10.6 Å². The van der Waals surface area contributed by atoms with Crippen LogP contribution in [0.4, 0.5) is 0 Å². The third-order valence-electron chi connectivity index (χ3n) is 6.27. The minimum absolute atomic E-state index is 0.0367. The second-order valence-electron chi connectivity index (χ2n) is 10.2. The van der Waals surface area contributed by atoms with Gasteiger partial charge in [-0.3, -0.25) is 0 Å². The van der Waals surface area contributed by atoms with Crippen molar-refractivity contribution >= 4 is 27.8 Å². The topological polar surface area (TPSA) is 0 Å². The van der Waals surface area contributed by atoms with E-state index in [2.05, 4.69) is 136 Å². The quantitative estimate of drug-likeness (QED) is 0.365. The Kier molecular flexibility index (Phi) is 6.91. The molecule has 0 saturated heterocycles. The Balaban J connectivity index is 2.15. The van der Waals surface area contributed by atoms with Gasteiger partial charge >= 0.3 is 0 Å². The molecule has 0 aromatic heterocycles. The van der Waals surface area contributed by atoms with E-state index in [1.54, 1.807) is 0 Å². The van der Waals surface area contributed by atoms with E-state index in [0.717, 1.165) is 6.16 Å². The maximum Gasteiger partial charge on any atom is 0.0196 e. The summed E-state index contributed by atoms with van der Waals surface area (Å²) in [5.41, 5.74) is 3.15. The Morgan fingerprint density at radius 2 is 1.00 bits per heavy atom. The summed E-state index contributed by atoms with van der Waals surface area (Å²) >= 11 is 0. The van der Waals surface area contributed by atoms with Crippen molar-refractivity contribution in [2.75, 3.05) is 0 Å². The van der Waals surface area contributed by atoms with Crippen LogP contribution in [0.3, 0.4) is 0 Å². The van der Waals surface area contributed by atoms with Gasteiger partial charge in [-0.15, -0.1) is 9.24 Å². The number of hydrogen-bond acceptors (Lipinski definition) is 0. The lowest BCUT2D eigenvalue weighted by molar-refractivity contribution is 0.139. The molecule has 1 unspecified atom stereocenters. The second-order valence-corrected chi connectivity index (χ2v) is 13.3. The van der Waals surface area contributed by atoms with Crippen molar-refractivity contribution in [3.63, 3.8) is 0 Å². The molecule has 3 rings (SSSR count). The van der Waals surface area contributed by atoms with Gasteiger partial charge in [0, 0.05) is 11.3 Å². The van der Waals surface area contributed by atoms with Crippen molar-refractivity contribution < 1.29 is 0 Å². The molecule has 0 aliphatic heterocycles. The van der Waals surface area contributed by atoms with Gasteiger partial charge in [-0.05, 0) is 40.5 Å². The summed E-state index contributed by atoms with van der Waals surface area (Å²) in [6.07, 6.45) is 1.06. The highest BCUT2D eigenvalue weighted by molar-refractivity contribution is 7.72. The highest BCUT2D eigenvalue weighted by Gasteiger charge is 2.49. The van der Waals surface area contributed by atoms with Crippen molar-refractivity contribution in [1.82, 2.24) is 0 Å². The third-order valence-corrected chi connectivity index (χ3v) is 10.8.